The first-order valence-corrected chi connectivity index (χ1v) is 26.2. The summed E-state index contributed by atoms with van der Waals surface area (Å²) in [5, 5.41) is 26.2. The van der Waals surface area contributed by atoms with Crippen LogP contribution >= 0.6 is 11.3 Å². The molecule has 3 aromatic heterocycles. The number of phenolic OH excluding ortho intramolecular Hbond substituents is 1. The molecule has 0 radical (unpaired) electrons. The number of aryl methyl sites for hydroxylation is 1. The van der Waals surface area contributed by atoms with E-state index in [1.54, 1.807) is 34.4 Å². The maximum absolute atomic E-state index is 14.1. The van der Waals surface area contributed by atoms with Gasteiger partial charge in [-0.3, -0.25) is 19.4 Å². The van der Waals surface area contributed by atoms with Crippen molar-refractivity contribution in [1.29, 1.82) is 0 Å². The normalized spacial score (nSPS) is 19.2. The molecule has 9 rings (SSSR count). The van der Waals surface area contributed by atoms with Crippen molar-refractivity contribution in [3.05, 3.63) is 88.8 Å². The largest absolute Gasteiger partial charge is 0.507 e. The number of hydrogen-bond donors (Lipinski definition) is 3. The van der Waals surface area contributed by atoms with Gasteiger partial charge in [0.2, 0.25) is 5.91 Å². The van der Waals surface area contributed by atoms with E-state index in [0.29, 0.717) is 53.9 Å². The summed E-state index contributed by atoms with van der Waals surface area (Å²) in [5.41, 5.74) is 14.4. The van der Waals surface area contributed by atoms with Crippen LogP contribution < -0.4 is 20.7 Å². The highest BCUT2D eigenvalue weighted by Crippen LogP contribution is 2.37. The first kappa shape index (κ1) is 50.0. The van der Waals surface area contributed by atoms with Crippen LogP contribution in [0.4, 0.5) is 11.5 Å². The topological polar surface area (TPSA) is 192 Å². The molecule has 5 aromatic rings. The predicted octanol–water partition coefficient (Wildman–Crippen LogP) is 6.66. The molecule has 0 aliphatic carbocycles. The van der Waals surface area contributed by atoms with Gasteiger partial charge in [-0.05, 0) is 114 Å². The van der Waals surface area contributed by atoms with E-state index in [1.165, 1.54) is 0 Å². The molecule has 378 valence electrons. The Bertz CT molecular complexity index is 2630. The lowest BCUT2D eigenvalue weighted by Gasteiger charge is -2.48. The monoisotopic (exact) mass is 988 g/mol. The Morgan fingerprint density at radius 3 is 2.38 bits per heavy atom. The summed E-state index contributed by atoms with van der Waals surface area (Å²) in [4.78, 5) is 44.8. The Morgan fingerprint density at radius 2 is 1.66 bits per heavy atom. The number of piperidine rings is 1. The molecule has 18 heteroatoms. The maximum Gasteiger partial charge on any atom is 0.258 e. The first-order valence-electron chi connectivity index (χ1n) is 25.3. The second kappa shape index (κ2) is 22.7. The molecule has 4 aliphatic rings. The molecule has 0 unspecified atom stereocenters. The van der Waals surface area contributed by atoms with Crippen LogP contribution in [-0.2, 0) is 14.3 Å². The fraction of sp³-hybridized carbons (Fsp3) is 0.509. The lowest BCUT2D eigenvalue weighted by Crippen LogP contribution is -2.57. The van der Waals surface area contributed by atoms with Gasteiger partial charge in [0.05, 0.1) is 51.3 Å². The second-order valence-electron chi connectivity index (χ2n) is 19.7. The number of carbonyl (C=O) groups excluding carboxylic acids is 2. The summed E-state index contributed by atoms with van der Waals surface area (Å²) >= 11 is 1.61. The minimum absolute atomic E-state index is 0.149. The van der Waals surface area contributed by atoms with Gasteiger partial charge in [-0.1, -0.05) is 42.0 Å². The van der Waals surface area contributed by atoms with E-state index in [1.807, 2.05) is 63.5 Å². The van der Waals surface area contributed by atoms with Gasteiger partial charge in [0.25, 0.3) is 11.8 Å². The van der Waals surface area contributed by atoms with E-state index in [0.717, 1.165) is 144 Å². The molecule has 0 saturated carbocycles. The number of anilines is 2. The van der Waals surface area contributed by atoms with Crippen LogP contribution in [0.15, 0.2) is 76.3 Å². The Morgan fingerprint density at radius 1 is 0.930 bits per heavy atom. The number of piperazine rings is 1. The van der Waals surface area contributed by atoms with Gasteiger partial charge < -0.3 is 44.9 Å². The van der Waals surface area contributed by atoms with Crippen molar-refractivity contribution in [2.24, 2.45) is 0 Å². The number of thiazole rings is 1. The van der Waals surface area contributed by atoms with Crippen molar-refractivity contribution in [3.8, 4) is 33.3 Å². The van der Waals surface area contributed by atoms with Crippen LogP contribution in [0, 0.1) is 6.92 Å². The molecule has 4 aliphatic heterocycles. The number of morpholine rings is 1. The van der Waals surface area contributed by atoms with Crippen LogP contribution in [0.1, 0.15) is 82.4 Å². The number of para-hydroxylation sites is 1. The molecule has 4 saturated heterocycles. The molecule has 0 bridgehead atoms. The predicted molar refractivity (Wildman–Crippen MR) is 276 cm³/mol. The third-order valence-electron chi connectivity index (χ3n) is 14.7. The molecule has 71 heavy (non-hydrogen) atoms. The number of benzene rings is 2. The van der Waals surface area contributed by atoms with E-state index in [4.69, 9.17) is 19.7 Å². The second-order valence-corrected chi connectivity index (χ2v) is 20.6. The molecule has 17 nitrogen and oxygen atoms in total. The van der Waals surface area contributed by atoms with Gasteiger partial charge in [-0.2, -0.15) is 0 Å². The molecule has 4 N–H and O–H groups in total. The lowest BCUT2D eigenvalue weighted by atomic mass is 9.89. The molecule has 2 aromatic carbocycles. The number of aromatic nitrogens is 4. The van der Waals surface area contributed by atoms with Crippen LogP contribution in [-0.4, -0.2) is 160 Å². The zero-order chi connectivity index (χ0) is 49.5. The molecular formula is C53H69N11O6S. The Hall–Kier alpha value is -5.92. The van der Waals surface area contributed by atoms with E-state index >= 15 is 0 Å². The smallest absolute Gasteiger partial charge is 0.258 e. The molecule has 1 spiro atoms. The number of phenols is 1. The van der Waals surface area contributed by atoms with E-state index in [2.05, 4.69) is 57.4 Å². The van der Waals surface area contributed by atoms with Crippen LogP contribution in [0.3, 0.4) is 0 Å². The van der Waals surface area contributed by atoms with Crippen LogP contribution in [0.5, 0.6) is 11.6 Å². The van der Waals surface area contributed by atoms with Crippen molar-refractivity contribution >= 4 is 40.2 Å². The maximum atomic E-state index is 14.1. The number of nitrogens with one attached hydrogen (secondary N) is 1. The van der Waals surface area contributed by atoms with Crippen LogP contribution in [0.25, 0.3) is 27.3 Å². The van der Waals surface area contributed by atoms with Crippen molar-refractivity contribution < 1.29 is 28.7 Å². The van der Waals surface area contributed by atoms with Crippen molar-refractivity contribution in [2.75, 3.05) is 102 Å². The van der Waals surface area contributed by atoms with Gasteiger partial charge in [0.1, 0.15) is 18.4 Å². The standard InChI is InChI=1S/C53H69N11O6S/c1-36(2)48(52(67)64-21-9-11-43(64)51(66)56-37(3)39-13-15-40(16-14-39)49-38(4)55-35-71-49)46-33-47(59-70-46)68-30-28-61-26-24-60(25-27-61)19-7-8-20-62-29-31-69-53(34-62)17-22-63(23-18-53)44-32-42(57-58-50(44)54)41-10-5-6-12-45(41)65/h5-6,10,12-16,32-33,35,37,43,65H,7-9,11,17-31,34H2,1-4H3,(H2,54,58)(H,56,66)/t37-,43-/m0/s1. The Kier molecular flexibility index (Phi) is 16.0. The third-order valence-corrected chi connectivity index (χ3v) is 15.7. The average molecular weight is 988 g/mol. The van der Waals surface area contributed by atoms with Crippen molar-refractivity contribution in [1.82, 2.24) is 45.3 Å². The Labute approximate surface area is 421 Å². The summed E-state index contributed by atoms with van der Waals surface area (Å²) in [6.07, 6.45) is 5.48. The Balaban J connectivity index is 0.667. The summed E-state index contributed by atoms with van der Waals surface area (Å²) in [6.45, 7) is 19.9. The van der Waals surface area contributed by atoms with Gasteiger partial charge in [0, 0.05) is 77.1 Å². The summed E-state index contributed by atoms with van der Waals surface area (Å²) in [7, 11) is 0. The summed E-state index contributed by atoms with van der Waals surface area (Å²) in [6, 6.07) is 18.2. The minimum Gasteiger partial charge on any atom is -0.507 e. The molecule has 2 atom stereocenters. The van der Waals surface area contributed by atoms with Gasteiger partial charge in [-0.15, -0.1) is 21.5 Å². The number of rotatable bonds is 17. The number of allylic oxidation sites excluding steroid dienone is 1. The number of aromatic hydroxyl groups is 1. The van der Waals surface area contributed by atoms with Gasteiger partial charge in [0.15, 0.2) is 11.6 Å². The van der Waals surface area contributed by atoms with E-state index < -0.39 is 6.04 Å². The SMILES string of the molecule is CC(C)=C(C(=O)N1CCC[C@H]1C(=O)N[C@@H](C)c1ccc(-c2scnc2C)cc1)c1cc(OCCN2CCN(CCCCN3CCOC4(CCN(c5cc(-c6ccccc6O)nnc5N)CC4)C3)CC2)no1. The highest BCUT2D eigenvalue weighted by molar-refractivity contribution is 7.13. The molecular weight excluding hydrogens is 919 g/mol. The van der Waals surface area contributed by atoms with E-state index in [9.17, 15) is 14.7 Å². The number of unbranched alkanes of at least 4 members (excludes halogenated alkanes) is 1. The summed E-state index contributed by atoms with van der Waals surface area (Å²) in [5.74, 6) is 0.849. The summed E-state index contributed by atoms with van der Waals surface area (Å²) < 4.78 is 18.3. The molecule has 7 heterocycles. The van der Waals surface area contributed by atoms with Crippen LogP contribution in [0.2, 0.25) is 0 Å². The number of hydrogen-bond acceptors (Lipinski definition) is 16. The van der Waals surface area contributed by atoms with Gasteiger partial charge >= 0.3 is 0 Å². The van der Waals surface area contributed by atoms with Gasteiger partial charge in [-0.25, -0.2) is 4.98 Å². The van der Waals surface area contributed by atoms with Crippen molar-refractivity contribution in [3.63, 3.8) is 0 Å². The number of nitrogens with zero attached hydrogens (tertiary/aromatic N) is 9. The highest BCUT2D eigenvalue weighted by atomic mass is 32.1. The quantitative estimate of drug-likeness (QED) is 0.0662. The molecule has 4 fully saturated rings. The lowest BCUT2D eigenvalue weighted by molar-refractivity contribution is -0.134. The number of likely N-dealkylation sites (tertiary alicyclic amines) is 1. The van der Waals surface area contributed by atoms with E-state index in [-0.39, 0.29) is 29.2 Å². The third kappa shape index (κ3) is 11.9. The number of amides is 2. The zero-order valence-corrected chi connectivity index (χ0v) is 42.5. The molecule has 2 amide bonds. The first-order chi connectivity index (χ1) is 34.4. The number of carbonyl (C=O) groups is 2. The highest BCUT2D eigenvalue weighted by Gasteiger charge is 2.41. The number of ether oxygens (including phenoxy) is 2. The fourth-order valence-corrected chi connectivity index (χ4v) is 11.4. The van der Waals surface area contributed by atoms with Crippen molar-refractivity contribution in [2.45, 2.75) is 83.9 Å². The minimum atomic E-state index is -0.579. The zero-order valence-electron chi connectivity index (χ0n) is 41.6. The fourth-order valence-electron chi connectivity index (χ4n) is 10.6. The number of nitrogens with two attached hydrogens (primary N) is 1. The number of nitrogen functional groups attached to an aromatic ring is 1. The average Bonchev–Trinajstić information content (AvgIpc) is 4.16.